The highest BCUT2D eigenvalue weighted by molar-refractivity contribution is 8.26. The van der Waals surface area contributed by atoms with Crippen molar-refractivity contribution in [3.05, 3.63) is 88.8 Å². The maximum atomic E-state index is 13.4. The predicted molar refractivity (Wildman–Crippen MR) is 140 cm³/mol. The van der Waals surface area contributed by atoms with Crippen molar-refractivity contribution in [2.45, 2.75) is 23.1 Å². The molecule has 0 N–H and O–H groups in total. The van der Waals surface area contributed by atoms with E-state index in [9.17, 15) is 9.59 Å². The van der Waals surface area contributed by atoms with E-state index in [0.29, 0.717) is 9.23 Å². The van der Waals surface area contributed by atoms with Crippen LogP contribution in [0.4, 0.5) is 11.4 Å². The van der Waals surface area contributed by atoms with Crippen molar-refractivity contribution in [3.8, 4) is 0 Å². The second-order valence-corrected chi connectivity index (χ2v) is 10.5. The van der Waals surface area contributed by atoms with Gasteiger partial charge in [-0.1, -0.05) is 89.8 Å². The minimum atomic E-state index is -0.145. The van der Waals surface area contributed by atoms with Crippen LogP contribution in [0.25, 0.3) is 6.08 Å². The van der Waals surface area contributed by atoms with E-state index in [1.807, 2.05) is 85.8 Å². The summed E-state index contributed by atoms with van der Waals surface area (Å²) in [5.41, 5.74) is 3.86. The number of aryl methyl sites for hydroxylation is 1. The number of thiocarbonyl (C=S) groups is 1. The Kier molecular flexibility index (Phi) is 6.10. The zero-order valence-electron chi connectivity index (χ0n) is 17.9. The van der Waals surface area contributed by atoms with Crippen LogP contribution in [0.1, 0.15) is 17.5 Å². The molecule has 3 aromatic rings. The van der Waals surface area contributed by atoms with Crippen molar-refractivity contribution in [3.63, 3.8) is 0 Å². The van der Waals surface area contributed by atoms with Gasteiger partial charge in [0.25, 0.3) is 5.91 Å². The van der Waals surface area contributed by atoms with E-state index in [1.165, 1.54) is 16.7 Å². The van der Waals surface area contributed by atoms with Gasteiger partial charge in [-0.2, -0.15) is 0 Å². The van der Waals surface area contributed by atoms with Crippen LogP contribution >= 0.6 is 35.7 Å². The number of para-hydroxylation sites is 2. The maximum Gasteiger partial charge on any atom is 0.266 e. The molecule has 0 bridgehead atoms. The molecule has 7 heteroatoms. The lowest BCUT2D eigenvalue weighted by Crippen LogP contribution is -2.35. The minimum Gasteiger partial charge on any atom is -0.292 e. The van der Waals surface area contributed by atoms with Crippen molar-refractivity contribution in [2.75, 3.05) is 11.4 Å². The second kappa shape index (κ2) is 9.17. The number of fused-ring (bicyclic) bond motifs is 2. The number of rotatable bonds is 4. The van der Waals surface area contributed by atoms with E-state index < -0.39 is 0 Å². The molecule has 0 radical (unpaired) electrons. The number of carbonyl (C=O) groups excluding carboxylic acids is 2. The third kappa shape index (κ3) is 4.36. The number of anilines is 2. The summed E-state index contributed by atoms with van der Waals surface area (Å²) >= 11 is 8.41. The van der Waals surface area contributed by atoms with Crippen molar-refractivity contribution < 1.29 is 9.59 Å². The fourth-order valence-electron chi connectivity index (χ4n) is 3.80. The number of hydrogen-bond donors (Lipinski definition) is 0. The Morgan fingerprint density at radius 3 is 2.15 bits per heavy atom. The van der Waals surface area contributed by atoms with Crippen molar-refractivity contribution in [1.82, 2.24) is 4.90 Å². The third-order valence-corrected chi connectivity index (χ3v) is 7.99. The molecular weight excluding hydrogens is 468 g/mol. The molecule has 2 amide bonds. The van der Waals surface area contributed by atoms with Crippen LogP contribution in [0.5, 0.6) is 0 Å². The number of carbonyl (C=O) groups is 2. The van der Waals surface area contributed by atoms with Gasteiger partial charge in [-0.15, -0.1) is 0 Å². The fraction of sp³-hybridized carbons (Fsp3) is 0.115. The summed E-state index contributed by atoms with van der Waals surface area (Å²) in [6, 6.07) is 23.8. The lowest BCUT2D eigenvalue weighted by molar-refractivity contribution is -0.123. The van der Waals surface area contributed by atoms with Gasteiger partial charge in [0, 0.05) is 22.8 Å². The number of benzene rings is 3. The monoisotopic (exact) mass is 488 g/mol. The number of nitrogens with zero attached hydrogens (tertiary/aromatic N) is 2. The predicted octanol–water partition coefficient (Wildman–Crippen LogP) is 6.42. The van der Waals surface area contributed by atoms with Crippen molar-refractivity contribution >= 4 is 69.3 Å². The highest BCUT2D eigenvalue weighted by Gasteiger charge is 2.34. The van der Waals surface area contributed by atoms with Gasteiger partial charge in [-0.3, -0.25) is 19.4 Å². The van der Waals surface area contributed by atoms with Crippen LogP contribution in [0, 0.1) is 6.92 Å². The first-order valence-electron chi connectivity index (χ1n) is 10.5. The Morgan fingerprint density at radius 2 is 1.52 bits per heavy atom. The number of amides is 2. The van der Waals surface area contributed by atoms with E-state index in [2.05, 4.69) is 0 Å². The highest BCUT2D eigenvalue weighted by Crippen LogP contribution is 2.48. The van der Waals surface area contributed by atoms with Gasteiger partial charge in [0.2, 0.25) is 5.91 Å². The first kappa shape index (κ1) is 21.9. The molecule has 4 nitrogen and oxygen atoms in total. The van der Waals surface area contributed by atoms with Crippen LogP contribution in [-0.4, -0.2) is 27.6 Å². The highest BCUT2D eigenvalue weighted by atomic mass is 32.2. The summed E-state index contributed by atoms with van der Waals surface area (Å²) in [6.07, 6.45) is 2.03. The summed E-state index contributed by atoms with van der Waals surface area (Å²) in [7, 11) is 0. The topological polar surface area (TPSA) is 40.6 Å². The molecule has 33 heavy (non-hydrogen) atoms. The molecule has 1 saturated heterocycles. The van der Waals surface area contributed by atoms with Gasteiger partial charge in [-0.05, 0) is 42.8 Å². The Balaban J connectivity index is 1.34. The molecule has 3 aromatic carbocycles. The molecular formula is C26H20N2O2S3. The first-order valence-corrected chi connectivity index (χ1v) is 12.6. The van der Waals surface area contributed by atoms with E-state index in [1.54, 1.807) is 16.7 Å². The Labute approximate surface area is 206 Å². The summed E-state index contributed by atoms with van der Waals surface area (Å²) in [5, 5.41) is 0. The lowest BCUT2D eigenvalue weighted by Gasteiger charge is -2.31. The zero-order chi connectivity index (χ0) is 22.9. The van der Waals surface area contributed by atoms with Gasteiger partial charge < -0.3 is 0 Å². The molecule has 164 valence electrons. The minimum absolute atomic E-state index is 0.0632. The summed E-state index contributed by atoms with van der Waals surface area (Å²) in [5.74, 6) is -0.208. The molecule has 1 fully saturated rings. The van der Waals surface area contributed by atoms with Gasteiger partial charge in [0.1, 0.15) is 4.32 Å². The van der Waals surface area contributed by atoms with E-state index in [4.69, 9.17) is 12.2 Å². The van der Waals surface area contributed by atoms with Crippen LogP contribution in [0.3, 0.4) is 0 Å². The third-order valence-electron chi connectivity index (χ3n) is 5.48. The van der Waals surface area contributed by atoms with E-state index in [0.717, 1.165) is 32.3 Å². The van der Waals surface area contributed by atoms with Crippen LogP contribution in [0.2, 0.25) is 0 Å². The molecule has 0 unspecified atom stereocenters. The Bertz CT molecular complexity index is 1260. The lowest BCUT2D eigenvalue weighted by atomic mass is 10.1. The average Bonchev–Trinajstić information content (AvgIpc) is 3.09. The van der Waals surface area contributed by atoms with Gasteiger partial charge in [-0.25, -0.2) is 0 Å². The summed E-state index contributed by atoms with van der Waals surface area (Å²) in [4.78, 5) is 32.4. The van der Waals surface area contributed by atoms with Gasteiger partial charge >= 0.3 is 0 Å². The molecule has 0 spiro atoms. The SMILES string of the molecule is Cc1ccc(C=C2SC(=S)N(CCC(=O)N3c4ccccc4Sc4ccccc43)C2=O)cc1. The summed E-state index contributed by atoms with van der Waals surface area (Å²) in [6.45, 7) is 2.28. The van der Waals surface area contributed by atoms with Crippen molar-refractivity contribution in [1.29, 1.82) is 0 Å². The quantitative estimate of drug-likeness (QED) is 0.313. The van der Waals surface area contributed by atoms with E-state index in [-0.39, 0.29) is 24.8 Å². The molecule has 0 atom stereocenters. The number of hydrogen-bond acceptors (Lipinski definition) is 5. The van der Waals surface area contributed by atoms with Gasteiger partial charge in [0.15, 0.2) is 0 Å². The Morgan fingerprint density at radius 1 is 0.909 bits per heavy atom. The molecule has 2 aliphatic heterocycles. The van der Waals surface area contributed by atoms with Crippen LogP contribution in [-0.2, 0) is 9.59 Å². The molecule has 2 heterocycles. The van der Waals surface area contributed by atoms with Crippen LogP contribution < -0.4 is 4.90 Å². The first-order chi connectivity index (χ1) is 16.0. The number of thioether (sulfide) groups is 1. The summed E-state index contributed by atoms with van der Waals surface area (Å²) < 4.78 is 0.487. The average molecular weight is 489 g/mol. The molecule has 0 aromatic heterocycles. The molecule has 2 aliphatic rings. The fourth-order valence-corrected chi connectivity index (χ4v) is 6.17. The van der Waals surface area contributed by atoms with Crippen LogP contribution in [0.15, 0.2) is 87.5 Å². The molecule has 0 aliphatic carbocycles. The molecule has 5 rings (SSSR count). The normalized spacial score (nSPS) is 16.2. The van der Waals surface area contributed by atoms with E-state index >= 15 is 0 Å². The van der Waals surface area contributed by atoms with Gasteiger partial charge in [0.05, 0.1) is 16.3 Å². The second-order valence-electron chi connectivity index (χ2n) is 7.76. The standard InChI is InChI=1S/C26H20N2O2S3/c1-17-10-12-18(13-11-17)16-23-25(30)27(26(31)33-23)15-14-24(29)28-19-6-2-4-8-21(19)32-22-9-5-3-7-20(22)28/h2-13,16H,14-15H2,1H3. The molecule has 0 saturated carbocycles. The van der Waals surface area contributed by atoms with Crippen molar-refractivity contribution in [2.24, 2.45) is 0 Å². The smallest absolute Gasteiger partial charge is 0.266 e. The maximum absolute atomic E-state index is 13.4. The zero-order valence-corrected chi connectivity index (χ0v) is 20.3. The Hall–Kier alpha value is -2.87. The largest absolute Gasteiger partial charge is 0.292 e.